The molecule has 28 heavy (non-hydrogen) atoms. The van der Waals surface area contributed by atoms with Crippen LogP contribution in [0.25, 0.3) is 0 Å². The first-order valence-electron chi connectivity index (χ1n) is 9.58. The van der Waals surface area contributed by atoms with Gasteiger partial charge in [-0.15, -0.1) is 0 Å². The SMILES string of the molecule is CC1CC(C)CN(C(=O)c2cccc(COc3cccc(C(C)(F)F)c3)n2)C1. The molecule has 0 N–H and O–H groups in total. The molecular weight excluding hydrogens is 362 g/mol. The van der Waals surface area contributed by atoms with Crippen LogP contribution >= 0.6 is 0 Å². The zero-order chi connectivity index (χ0) is 20.3. The fourth-order valence-corrected chi connectivity index (χ4v) is 3.69. The topological polar surface area (TPSA) is 42.4 Å². The number of benzene rings is 1. The van der Waals surface area contributed by atoms with Crippen molar-refractivity contribution in [2.75, 3.05) is 13.1 Å². The number of halogens is 2. The average Bonchev–Trinajstić information content (AvgIpc) is 2.65. The number of ether oxygens (including phenoxy) is 1. The molecule has 2 heterocycles. The lowest BCUT2D eigenvalue weighted by Gasteiger charge is -2.34. The molecule has 4 nitrogen and oxygen atoms in total. The first-order valence-corrected chi connectivity index (χ1v) is 9.58. The van der Waals surface area contributed by atoms with E-state index in [-0.39, 0.29) is 18.1 Å². The summed E-state index contributed by atoms with van der Waals surface area (Å²) >= 11 is 0. The van der Waals surface area contributed by atoms with Gasteiger partial charge in [-0.3, -0.25) is 4.79 Å². The van der Waals surface area contributed by atoms with E-state index >= 15 is 0 Å². The number of hydrogen-bond donors (Lipinski definition) is 0. The molecule has 0 spiro atoms. The highest BCUT2D eigenvalue weighted by Crippen LogP contribution is 2.29. The zero-order valence-corrected chi connectivity index (χ0v) is 16.5. The molecule has 1 aromatic heterocycles. The van der Waals surface area contributed by atoms with E-state index in [9.17, 15) is 13.6 Å². The van der Waals surface area contributed by atoms with Crippen LogP contribution in [0.15, 0.2) is 42.5 Å². The fourth-order valence-electron chi connectivity index (χ4n) is 3.69. The number of alkyl halides is 2. The summed E-state index contributed by atoms with van der Waals surface area (Å²) in [7, 11) is 0. The summed E-state index contributed by atoms with van der Waals surface area (Å²) in [5.41, 5.74) is 0.865. The number of aromatic nitrogens is 1. The minimum Gasteiger partial charge on any atom is -0.487 e. The molecule has 1 aliphatic rings. The Kier molecular flexibility index (Phi) is 5.96. The van der Waals surface area contributed by atoms with Crippen LogP contribution in [0.3, 0.4) is 0 Å². The zero-order valence-electron chi connectivity index (χ0n) is 16.5. The Balaban J connectivity index is 1.68. The van der Waals surface area contributed by atoms with Gasteiger partial charge in [-0.1, -0.05) is 32.0 Å². The van der Waals surface area contributed by atoms with E-state index in [2.05, 4.69) is 18.8 Å². The Labute approximate surface area is 164 Å². The standard InChI is InChI=1S/C22H26F2N2O2/c1-15-10-16(2)13-26(12-15)21(27)20-9-5-7-18(25-20)14-28-19-8-4-6-17(11-19)22(3,23)24/h4-9,11,15-16H,10,12-14H2,1-3H3. The van der Waals surface area contributed by atoms with E-state index in [0.717, 1.165) is 26.4 Å². The second kappa shape index (κ2) is 8.25. The van der Waals surface area contributed by atoms with Crippen molar-refractivity contribution in [1.82, 2.24) is 9.88 Å². The summed E-state index contributed by atoms with van der Waals surface area (Å²) in [4.78, 5) is 19.1. The molecule has 1 aromatic carbocycles. The molecule has 2 atom stereocenters. The first kappa shape index (κ1) is 20.2. The Hall–Kier alpha value is -2.50. The van der Waals surface area contributed by atoms with Gasteiger partial charge in [0.25, 0.3) is 11.8 Å². The molecule has 2 aromatic rings. The van der Waals surface area contributed by atoms with Crippen LogP contribution < -0.4 is 4.74 Å². The maximum atomic E-state index is 13.5. The van der Waals surface area contributed by atoms with Gasteiger partial charge in [0, 0.05) is 25.6 Å². The first-order chi connectivity index (χ1) is 13.2. The Bertz CT molecular complexity index is 825. The second-order valence-corrected chi connectivity index (χ2v) is 7.88. The smallest absolute Gasteiger partial charge is 0.272 e. The van der Waals surface area contributed by atoms with E-state index in [1.54, 1.807) is 24.3 Å². The highest BCUT2D eigenvalue weighted by atomic mass is 19.3. The predicted octanol–water partition coefficient (Wildman–Crippen LogP) is 4.89. The normalized spacial score (nSPS) is 20.1. The lowest BCUT2D eigenvalue weighted by molar-refractivity contribution is 0.0172. The van der Waals surface area contributed by atoms with E-state index < -0.39 is 5.92 Å². The van der Waals surface area contributed by atoms with E-state index in [1.807, 2.05) is 4.90 Å². The van der Waals surface area contributed by atoms with Crippen molar-refractivity contribution in [1.29, 1.82) is 0 Å². The molecule has 0 radical (unpaired) electrons. The molecule has 2 unspecified atom stereocenters. The van der Waals surface area contributed by atoms with Gasteiger partial charge in [-0.25, -0.2) is 13.8 Å². The molecular formula is C22H26F2N2O2. The summed E-state index contributed by atoms with van der Waals surface area (Å²) < 4.78 is 32.5. The maximum absolute atomic E-state index is 13.5. The van der Waals surface area contributed by atoms with Crippen LogP contribution in [-0.4, -0.2) is 28.9 Å². The van der Waals surface area contributed by atoms with Crippen LogP contribution in [0.5, 0.6) is 5.75 Å². The number of piperidine rings is 1. The highest BCUT2D eigenvalue weighted by Gasteiger charge is 2.27. The number of nitrogens with zero attached hydrogens (tertiary/aromatic N) is 2. The minimum absolute atomic E-state index is 0.0760. The summed E-state index contributed by atoms with van der Waals surface area (Å²) in [5.74, 6) is -1.71. The Morgan fingerprint density at radius 2 is 1.86 bits per heavy atom. The van der Waals surface area contributed by atoms with Crippen molar-refractivity contribution in [2.24, 2.45) is 11.8 Å². The van der Waals surface area contributed by atoms with Gasteiger partial charge in [0.05, 0.1) is 5.69 Å². The van der Waals surface area contributed by atoms with Gasteiger partial charge in [-0.05, 0) is 42.5 Å². The van der Waals surface area contributed by atoms with E-state index in [0.29, 0.717) is 29.0 Å². The van der Waals surface area contributed by atoms with Gasteiger partial charge in [0.2, 0.25) is 0 Å². The summed E-state index contributed by atoms with van der Waals surface area (Å²) in [6.07, 6.45) is 1.13. The summed E-state index contributed by atoms with van der Waals surface area (Å²) in [6, 6.07) is 11.1. The quantitative estimate of drug-likeness (QED) is 0.732. The predicted molar refractivity (Wildman–Crippen MR) is 103 cm³/mol. The Morgan fingerprint density at radius 3 is 2.54 bits per heavy atom. The number of pyridine rings is 1. The van der Waals surface area contributed by atoms with E-state index in [1.165, 1.54) is 18.2 Å². The van der Waals surface area contributed by atoms with Crippen LogP contribution in [0.1, 0.15) is 48.9 Å². The van der Waals surface area contributed by atoms with Crippen molar-refractivity contribution in [2.45, 2.75) is 39.7 Å². The molecule has 0 aliphatic carbocycles. The second-order valence-electron chi connectivity index (χ2n) is 7.88. The number of likely N-dealkylation sites (tertiary alicyclic amines) is 1. The molecule has 6 heteroatoms. The van der Waals surface area contributed by atoms with Crippen molar-refractivity contribution < 1.29 is 18.3 Å². The largest absolute Gasteiger partial charge is 0.487 e. The fraction of sp³-hybridized carbons (Fsp3) is 0.455. The molecule has 0 bridgehead atoms. The number of amides is 1. The average molecular weight is 388 g/mol. The Morgan fingerprint density at radius 1 is 1.18 bits per heavy atom. The van der Waals surface area contributed by atoms with Gasteiger partial charge in [-0.2, -0.15) is 0 Å². The number of hydrogen-bond acceptors (Lipinski definition) is 3. The van der Waals surface area contributed by atoms with E-state index in [4.69, 9.17) is 4.74 Å². The maximum Gasteiger partial charge on any atom is 0.272 e. The number of carbonyl (C=O) groups excluding carboxylic acids is 1. The van der Waals surface area contributed by atoms with Crippen LogP contribution in [0.4, 0.5) is 8.78 Å². The molecule has 1 saturated heterocycles. The molecule has 0 saturated carbocycles. The van der Waals surface area contributed by atoms with Crippen molar-refractivity contribution in [3.8, 4) is 5.75 Å². The highest BCUT2D eigenvalue weighted by molar-refractivity contribution is 5.92. The van der Waals surface area contributed by atoms with Crippen LogP contribution in [0, 0.1) is 11.8 Å². The van der Waals surface area contributed by atoms with Crippen molar-refractivity contribution >= 4 is 5.91 Å². The minimum atomic E-state index is -2.92. The monoisotopic (exact) mass is 388 g/mol. The third kappa shape index (κ3) is 5.06. The number of rotatable bonds is 5. The van der Waals surface area contributed by atoms with Crippen molar-refractivity contribution in [3.05, 3.63) is 59.4 Å². The third-order valence-electron chi connectivity index (χ3n) is 4.91. The molecule has 1 fully saturated rings. The summed E-state index contributed by atoms with van der Waals surface area (Å²) in [6.45, 7) is 6.74. The lowest BCUT2D eigenvalue weighted by Crippen LogP contribution is -2.42. The molecule has 1 amide bonds. The molecule has 3 rings (SSSR count). The molecule has 1 aliphatic heterocycles. The molecule has 150 valence electrons. The number of carbonyl (C=O) groups is 1. The van der Waals surface area contributed by atoms with Gasteiger partial charge in [0.15, 0.2) is 0 Å². The van der Waals surface area contributed by atoms with Gasteiger partial charge in [0.1, 0.15) is 18.1 Å². The van der Waals surface area contributed by atoms with Crippen LogP contribution in [0.2, 0.25) is 0 Å². The van der Waals surface area contributed by atoms with Crippen LogP contribution in [-0.2, 0) is 12.5 Å². The lowest BCUT2D eigenvalue weighted by atomic mass is 9.92. The van der Waals surface area contributed by atoms with Gasteiger partial charge >= 0.3 is 0 Å². The van der Waals surface area contributed by atoms with Gasteiger partial charge < -0.3 is 9.64 Å². The third-order valence-corrected chi connectivity index (χ3v) is 4.91. The van der Waals surface area contributed by atoms with Crippen molar-refractivity contribution in [3.63, 3.8) is 0 Å². The summed E-state index contributed by atoms with van der Waals surface area (Å²) in [5, 5.41) is 0.